The number of rotatable bonds is 5. The first-order valence-corrected chi connectivity index (χ1v) is 11.0. The minimum Gasteiger partial charge on any atom is -0.497 e. The minimum atomic E-state index is -0.547. The van der Waals surface area contributed by atoms with E-state index in [4.69, 9.17) is 14.2 Å². The van der Waals surface area contributed by atoms with E-state index in [2.05, 4.69) is 5.32 Å². The number of fused-ring (bicyclic) bond motifs is 1. The standard InChI is InChI=1S/C24H25N3O6/c1-31-18-7-4-16(5-8-18)25-23(29)19-3-2-10-26(19)24(30)15-11-22(28)27(13-15)17-6-9-20-21(12-17)33-14-32-20/h4-9,12,15,19H,2-3,10-11,13-14H2,1H3,(H,25,29)/t15-,19-/m1/s1. The number of carbonyl (C=O) groups excluding carboxylic acids is 3. The second kappa shape index (κ2) is 8.65. The van der Waals surface area contributed by atoms with Crippen LogP contribution >= 0.6 is 0 Å². The van der Waals surface area contributed by atoms with Crippen molar-refractivity contribution in [2.24, 2.45) is 5.92 Å². The van der Waals surface area contributed by atoms with Gasteiger partial charge in [-0.05, 0) is 49.2 Å². The summed E-state index contributed by atoms with van der Waals surface area (Å²) in [5.74, 6) is 0.944. The number of benzene rings is 2. The average molecular weight is 451 g/mol. The fraction of sp³-hybridized carbons (Fsp3) is 0.375. The van der Waals surface area contributed by atoms with Gasteiger partial charge in [-0.1, -0.05) is 0 Å². The summed E-state index contributed by atoms with van der Waals surface area (Å²) < 4.78 is 15.9. The van der Waals surface area contributed by atoms with Crippen LogP contribution in [-0.2, 0) is 14.4 Å². The molecule has 0 spiro atoms. The van der Waals surface area contributed by atoms with Gasteiger partial charge in [0.05, 0.1) is 13.0 Å². The predicted molar refractivity (Wildman–Crippen MR) is 119 cm³/mol. The first-order valence-electron chi connectivity index (χ1n) is 11.0. The molecule has 3 aliphatic heterocycles. The summed E-state index contributed by atoms with van der Waals surface area (Å²) in [4.78, 5) is 42.2. The second-order valence-electron chi connectivity index (χ2n) is 8.35. The molecule has 33 heavy (non-hydrogen) atoms. The highest BCUT2D eigenvalue weighted by atomic mass is 16.7. The van der Waals surface area contributed by atoms with Crippen LogP contribution in [0, 0.1) is 5.92 Å². The van der Waals surface area contributed by atoms with Gasteiger partial charge >= 0.3 is 0 Å². The van der Waals surface area contributed by atoms with Crippen LogP contribution < -0.4 is 24.4 Å². The topological polar surface area (TPSA) is 97.4 Å². The largest absolute Gasteiger partial charge is 0.497 e. The number of carbonyl (C=O) groups is 3. The zero-order valence-corrected chi connectivity index (χ0v) is 18.3. The number of hydrogen-bond donors (Lipinski definition) is 1. The van der Waals surface area contributed by atoms with Crippen LogP contribution in [0.3, 0.4) is 0 Å². The molecule has 2 atom stereocenters. The summed E-state index contributed by atoms with van der Waals surface area (Å²) in [6.07, 6.45) is 1.47. The van der Waals surface area contributed by atoms with E-state index in [0.717, 1.165) is 6.42 Å². The maximum atomic E-state index is 13.3. The number of nitrogens with zero attached hydrogens (tertiary/aromatic N) is 2. The molecule has 9 nitrogen and oxygen atoms in total. The number of likely N-dealkylation sites (tertiary alicyclic amines) is 1. The van der Waals surface area contributed by atoms with Crippen molar-refractivity contribution in [3.8, 4) is 17.2 Å². The van der Waals surface area contributed by atoms with Crippen LogP contribution in [-0.4, -0.2) is 55.7 Å². The lowest BCUT2D eigenvalue weighted by Gasteiger charge is -2.26. The Hall–Kier alpha value is -3.75. The normalized spacial score (nSPS) is 21.4. The lowest BCUT2D eigenvalue weighted by Crippen LogP contribution is -2.46. The van der Waals surface area contributed by atoms with E-state index in [-0.39, 0.29) is 37.5 Å². The molecule has 172 valence electrons. The highest BCUT2D eigenvalue weighted by Gasteiger charge is 2.42. The van der Waals surface area contributed by atoms with Gasteiger partial charge in [-0.3, -0.25) is 14.4 Å². The third-order valence-corrected chi connectivity index (χ3v) is 6.34. The molecule has 0 aromatic heterocycles. The Morgan fingerprint density at radius 2 is 1.88 bits per heavy atom. The summed E-state index contributed by atoms with van der Waals surface area (Å²) in [5.41, 5.74) is 1.32. The Bertz CT molecular complexity index is 1090. The van der Waals surface area contributed by atoms with E-state index in [1.165, 1.54) is 0 Å². The summed E-state index contributed by atoms with van der Waals surface area (Å²) >= 11 is 0. The van der Waals surface area contributed by atoms with Crippen molar-refractivity contribution in [1.82, 2.24) is 4.90 Å². The number of amides is 3. The molecule has 1 N–H and O–H groups in total. The van der Waals surface area contributed by atoms with Crippen LogP contribution in [0.1, 0.15) is 19.3 Å². The molecule has 2 saturated heterocycles. The molecule has 0 saturated carbocycles. The number of nitrogens with one attached hydrogen (secondary N) is 1. The van der Waals surface area contributed by atoms with Crippen molar-refractivity contribution in [2.75, 3.05) is 37.2 Å². The van der Waals surface area contributed by atoms with Gasteiger partial charge in [0.25, 0.3) is 0 Å². The second-order valence-corrected chi connectivity index (χ2v) is 8.35. The van der Waals surface area contributed by atoms with Crippen molar-refractivity contribution >= 4 is 29.1 Å². The van der Waals surface area contributed by atoms with Crippen LogP contribution in [0.15, 0.2) is 42.5 Å². The van der Waals surface area contributed by atoms with E-state index < -0.39 is 12.0 Å². The average Bonchev–Trinajstić information content (AvgIpc) is 3.58. The Morgan fingerprint density at radius 3 is 2.67 bits per heavy atom. The maximum Gasteiger partial charge on any atom is 0.247 e. The molecular weight excluding hydrogens is 426 g/mol. The molecule has 2 aromatic carbocycles. The zero-order valence-electron chi connectivity index (χ0n) is 18.3. The van der Waals surface area contributed by atoms with Gasteiger partial charge in [-0.25, -0.2) is 0 Å². The van der Waals surface area contributed by atoms with E-state index >= 15 is 0 Å². The highest BCUT2D eigenvalue weighted by molar-refractivity contribution is 6.02. The lowest BCUT2D eigenvalue weighted by atomic mass is 10.1. The van der Waals surface area contributed by atoms with E-state index in [1.54, 1.807) is 59.4 Å². The molecule has 3 amide bonds. The van der Waals surface area contributed by atoms with E-state index in [0.29, 0.717) is 41.6 Å². The molecule has 0 aliphatic carbocycles. The van der Waals surface area contributed by atoms with Crippen LogP contribution in [0.5, 0.6) is 17.2 Å². The molecule has 0 radical (unpaired) electrons. The third-order valence-electron chi connectivity index (χ3n) is 6.34. The smallest absolute Gasteiger partial charge is 0.247 e. The van der Waals surface area contributed by atoms with Crippen molar-refractivity contribution in [3.05, 3.63) is 42.5 Å². The Morgan fingerprint density at radius 1 is 1.09 bits per heavy atom. The summed E-state index contributed by atoms with van der Waals surface area (Å²) in [5, 5.41) is 2.89. The molecular formula is C24H25N3O6. The molecule has 3 aliphatic rings. The van der Waals surface area contributed by atoms with Gasteiger partial charge < -0.3 is 29.3 Å². The molecule has 5 rings (SSSR count). The zero-order chi connectivity index (χ0) is 22.9. The van der Waals surface area contributed by atoms with Crippen LogP contribution in [0.25, 0.3) is 0 Å². The first-order chi connectivity index (χ1) is 16.0. The van der Waals surface area contributed by atoms with Crippen LogP contribution in [0.2, 0.25) is 0 Å². The number of hydrogen-bond acceptors (Lipinski definition) is 6. The summed E-state index contributed by atoms with van der Waals surface area (Å²) in [6.45, 7) is 0.942. The first kappa shape index (κ1) is 21.1. The fourth-order valence-electron chi connectivity index (χ4n) is 4.61. The summed E-state index contributed by atoms with van der Waals surface area (Å²) in [6, 6.07) is 11.8. The lowest BCUT2D eigenvalue weighted by molar-refractivity contribution is -0.140. The van der Waals surface area contributed by atoms with Crippen molar-refractivity contribution in [3.63, 3.8) is 0 Å². The molecule has 2 fully saturated rings. The Balaban J connectivity index is 1.25. The fourth-order valence-corrected chi connectivity index (χ4v) is 4.61. The maximum absolute atomic E-state index is 13.3. The highest BCUT2D eigenvalue weighted by Crippen LogP contribution is 2.37. The molecule has 9 heteroatoms. The van der Waals surface area contributed by atoms with Crippen molar-refractivity contribution in [1.29, 1.82) is 0 Å². The molecule has 0 unspecified atom stereocenters. The number of methoxy groups -OCH3 is 1. The Kier molecular flexibility index (Phi) is 5.53. The third kappa shape index (κ3) is 4.06. The van der Waals surface area contributed by atoms with Gasteiger partial charge in [0, 0.05) is 37.0 Å². The number of ether oxygens (including phenoxy) is 3. The van der Waals surface area contributed by atoms with E-state index in [1.807, 2.05) is 0 Å². The summed E-state index contributed by atoms with van der Waals surface area (Å²) in [7, 11) is 1.58. The van der Waals surface area contributed by atoms with Gasteiger partial charge in [-0.15, -0.1) is 0 Å². The minimum absolute atomic E-state index is 0.120. The van der Waals surface area contributed by atoms with Gasteiger partial charge in [0.15, 0.2) is 11.5 Å². The molecule has 3 heterocycles. The quantitative estimate of drug-likeness (QED) is 0.750. The van der Waals surface area contributed by atoms with Gasteiger partial charge in [0.2, 0.25) is 24.5 Å². The van der Waals surface area contributed by atoms with Crippen molar-refractivity contribution < 1.29 is 28.6 Å². The van der Waals surface area contributed by atoms with Crippen LogP contribution in [0.4, 0.5) is 11.4 Å². The molecule has 0 bridgehead atoms. The van der Waals surface area contributed by atoms with Gasteiger partial charge in [0.1, 0.15) is 11.8 Å². The SMILES string of the molecule is COc1ccc(NC(=O)[C@H]2CCCN2C(=O)[C@@H]2CC(=O)N(c3ccc4c(c3)OCO4)C2)cc1. The van der Waals surface area contributed by atoms with Crippen molar-refractivity contribution in [2.45, 2.75) is 25.3 Å². The Labute approximate surface area is 191 Å². The van der Waals surface area contributed by atoms with E-state index in [9.17, 15) is 14.4 Å². The monoisotopic (exact) mass is 451 g/mol. The predicted octanol–water partition coefficient (Wildman–Crippen LogP) is 2.41. The number of anilines is 2. The van der Waals surface area contributed by atoms with Gasteiger partial charge in [-0.2, -0.15) is 0 Å². The molecule has 2 aromatic rings.